The minimum absolute atomic E-state index is 0.100. The van der Waals surface area contributed by atoms with Crippen molar-refractivity contribution >= 4 is 11.4 Å². The molecule has 104 valence electrons. The van der Waals surface area contributed by atoms with Crippen molar-refractivity contribution in [3.63, 3.8) is 0 Å². The standard InChI is InChI=1S/C12H10F2N4O2/c1-2-19-11-5-8(17-18-9(6-15)7-16)3-4-10(11)20-12(13)14/h3-5,12,17H,2H2,1H3. The van der Waals surface area contributed by atoms with Crippen LogP contribution in [-0.2, 0) is 0 Å². The maximum Gasteiger partial charge on any atom is 0.387 e. The molecule has 1 N–H and O–H groups in total. The third-order valence-electron chi connectivity index (χ3n) is 1.97. The van der Waals surface area contributed by atoms with Gasteiger partial charge in [-0.1, -0.05) is 0 Å². The number of hydrogen-bond acceptors (Lipinski definition) is 6. The molecule has 0 spiro atoms. The number of ether oxygens (including phenoxy) is 2. The summed E-state index contributed by atoms with van der Waals surface area (Å²) in [5.74, 6) is -0.0133. The van der Waals surface area contributed by atoms with Gasteiger partial charge in [-0.25, -0.2) is 0 Å². The van der Waals surface area contributed by atoms with Crippen LogP contribution >= 0.6 is 0 Å². The molecular formula is C12H10F2N4O2. The average Bonchev–Trinajstić information content (AvgIpc) is 2.42. The van der Waals surface area contributed by atoms with E-state index in [1.165, 1.54) is 18.2 Å². The van der Waals surface area contributed by atoms with Crippen LogP contribution < -0.4 is 14.9 Å². The van der Waals surface area contributed by atoms with E-state index >= 15 is 0 Å². The molecule has 0 heterocycles. The Balaban J connectivity index is 2.96. The molecule has 0 saturated heterocycles. The summed E-state index contributed by atoms with van der Waals surface area (Å²) < 4.78 is 33.9. The number of nitrogens with zero attached hydrogens (tertiary/aromatic N) is 3. The number of benzene rings is 1. The lowest BCUT2D eigenvalue weighted by molar-refractivity contribution is -0.0514. The quantitative estimate of drug-likeness (QED) is 0.638. The van der Waals surface area contributed by atoms with Crippen LogP contribution in [0.5, 0.6) is 11.5 Å². The van der Waals surface area contributed by atoms with E-state index < -0.39 is 6.61 Å². The Bertz CT molecular complexity index is 560. The first-order chi connectivity index (χ1) is 9.60. The van der Waals surface area contributed by atoms with Crippen LogP contribution in [0.4, 0.5) is 14.5 Å². The molecule has 0 aromatic heterocycles. The first-order valence-electron chi connectivity index (χ1n) is 5.46. The van der Waals surface area contributed by atoms with E-state index in [-0.39, 0.29) is 23.8 Å². The van der Waals surface area contributed by atoms with Gasteiger partial charge in [0.15, 0.2) is 11.5 Å². The van der Waals surface area contributed by atoms with Gasteiger partial charge in [-0.2, -0.15) is 24.4 Å². The fourth-order valence-electron chi connectivity index (χ4n) is 1.23. The first-order valence-corrected chi connectivity index (χ1v) is 5.46. The van der Waals surface area contributed by atoms with Crippen molar-refractivity contribution < 1.29 is 18.3 Å². The summed E-state index contributed by atoms with van der Waals surface area (Å²) in [5, 5.41) is 20.6. The van der Waals surface area contributed by atoms with Gasteiger partial charge in [-0.05, 0) is 19.1 Å². The molecule has 0 saturated carbocycles. The first kappa shape index (κ1) is 15.2. The number of nitriles is 2. The van der Waals surface area contributed by atoms with Crippen molar-refractivity contribution in [2.75, 3.05) is 12.0 Å². The highest BCUT2D eigenvalue weighted by molar-refractivity contribution is 6.10. The third kappa shape index (κ3) is 4.42. The minimum atomic E-state index is -2.96. The highest BCUT2D eigenvalue weighted by Gasteiger charge is 2.11. The van der Waals surface area contributed by atoms with E-state index in [1.54, 1.807) is 19.1 Å². The molecule has 20 heavy (non-hydrogen) atoms. The van der Waals surface area contributed by atoms with Crippen molar-refractivity contribution in [3.8, 4) is 23.6 Å². The van der Waals surface area contributed by atoms with Gasteiger partial charge in [-0.3, -0.25) is 5.43 Å². The van der Waals surface area contributed by atoms with Crippen LogP contribution in [0.2, 0.25) is 0 Å². The molecule has 8 heteroatoms. The van der Waals surface area contributed by atoms with Crippen molar-refractivity contribution in [2.24, 2.45) is 5.10 Å². The smallest absolute Gasteiger partial charge is 0.387 e. The molecular weight excluding hydrogens is 270 g/mol. The number of hydrazone groups is 1. The molecule has 0 bridgehead atoms. The predicted molar refractivity (Wildman–Crippen MR) is 66.5 cm³/mol. The molecule has 0 radical (unpaired) electrons. The molecule has 0 amide bonds. The molecule has 0 aliphatic rings. The summed E-state index contributed by atoms with van der Waals surface area (Å²) >= 11 is 0. The topological polar surface area (TPSA) is 90.4 Å². The van der Waals surface area contributed by atoms with Crippen LogP contribution in [0.3, 0.4) is 0 Å². The third-order valence-corrected chi connectivity index (χ3v) is 1.97. The Hall–Kier alpha value is -2.87. The van der Waals surface area contributed by atoms with Gasteiger partial charge in [0.05, 0.1) is 12.3 Å². The summed E-state index contributed by atoms with van der Waals surface area (Å²) in [5.41, 5.74) is 2.44. The number of rotatable bonds is 6. The van der Waals surface area contributed by atoms with Crippen LogP contribution in [-0.4, -0.2) is 18.9 Å². The second-order valence-corrected chi connectivity index (χ2v) is 3.27. The van der Waals surface area contributed by atoms with E-state index in [9.17, 15) is 8.78 Å². The summed E-state index contributed by atoms with van der Waals surface area (Å²) in [4.78, 5) is 0. The maximum absolute atomic E-state index is 12.2. The molecule has 0 unspecified atom stereocenters. The summed E-state index contributed by atoms with van der Waals surface area (Å²) in [6.45, 7) is -1.02. The fraction of sp³-hybridized carbons (Fsp3) is 0.250. The Morgan fingerprint density at radius 2 is 2.05 bits per heavy atom. The van der Waals surface area contributed by atoms with E-state index in [4.69, 9.17) is 15.3 Å². The normalized spacial score (nSPS) is 9.30. The van der Waals surface area contributed by atoms with Gasteiger partial charge in [0.2, 0.25) is 5.71 Å². The van der Waals surface area contributed by atoms with Crippen LogP contribution in [0.25, 0.3) is 0 Å². The largest absolute Gasteiger partial charge is 0.490 e. The molecule has 1 aromatic rings. The average molecular weight is 280 g/mol. The SMILES string of the molecule is CCOc1cc(NN=C(C#N)C#N)ccc1OC(F)F. The molecule has 1 aromatic carbocycles. The molecule has 0 atom stereocenters. The second-order valence-electron chi connectivity index (χ2n) is 3.27. The summed E-state index contributed by atoms with van der Waals surface area (Å²) in [6.07, 6.45) is 0. The van der Waals surface area contributed by atoms with Crippen molar-refractivity contribution in [1.29, 1.82) is 10.5 Å². The lowest BCUT2D eigenvalue weighted by Gasteiger charge is -2.12. The van der Waals surface area contributed by atoms with Crippen LogP contribution in [0, 0.1) is 22.7 Å². The molecule has 0 fully saturated rings. The molecule has 1 rings (SSSR count). The zero-order chi connectivity index (χ0) is 15.0. The van der Waals surface area contributed by atoms with E-state index in [1.807, 2.05) is 0 Å². The van der Waals surface area contributed by atoms with Gasteiger partial charge < -0.3 is 9.47 Å². The van der Waals surface area contributed by atoms with Crippen molar-refractivity contribution in [1.82, 2.24) is 0 Å². The Morgan fingerprint density at radius 3 is 2.60 bits per heavy atom. The van der Waals surface area contributed by atoms with Crippen LogP contribution in [0.15, 0.2) is 23.3 Å². The summed E-state index contributed by atoms with van der Waals surface area (Å²) in [6, 6.07) is 7.18. The van der Waals surface area contributed by atoms with E-state index in [0.29, 0.717) is 5.69 Å². The van der Waals surface area contributed by atoms with Gasteiger partial charge in [0.25, 0.3) is 0 Å². The minimum Gasteiger partial charge on any atom is -0.490 e. The highest BCUT2D eigenvalue weighted by atomic mass is 19.3. The van der Waals surface area contributed by atoms with Gasteiger partial charge in [-0.15, -0.1) is 0 Å². The van der Waals surface area contributed by atoms with Gasteiger partial charge in [0, 0.05) is 6.07 Å². The second kappa shape index (κ2) is 7.54. The molecule has 6 nitrogen and oxygen atoms in total. The maximum atomic E-state index is 12.2. The Kier molecular flexibility index (Phi) is 5.73. The zero-order valence-electron chi connectivity index (χ0n) is 10.4. The number of alkyl halides is 2. The van der Waals surface area contributed by atoms with Gasteiger partial charge in [0.1, 0.15) is 12.1 Å². The number of nitrogens with one attached hydrogen (secondary N) is 1. The Morgan fingerprint density at radius 1 is 1.35 bits per heavy atom. The monoisotopic (exact) mass is 280 g/mol. The number of halogens is 2. The number of anilines is 1. The van der Waals surface area contributed by atoms with Crippen LogP contribution in [0.1, 0.15) is 6.92 Å². The highest BCUT2D eigenvalue weighted by Crippen LogP contribution is 2.31. The Labute approximate surface area is 113 Å². The van der Waals surface area contributed by atoms with E-state index in [0.717, 1.165) is 0 Å². The molecule has 0 aliphatic carbocycles. The predicted octanol–water partition coefficient (Wildman–Crippen LogP) is 2.50. The fourth-order valence-corrected chi connectivity index (χ4v) is 1.23. The zero-order valence-corrected chi connectivity index (χ0v) is 10.4. The van der Waals surface area contributed by atoms with Crippen molar-refractivity contribution in [2.45, 2.75) is 13.5 Å². The lowest BCUT2D eigenvalue weighted by Crippen LogP contribution is -2.05. The van der Waals surface area contributed by atoms with Gasteiger partial charge >= 0.3 is 6.61 Å². The van der Waals surface area contributed by atoms with Crippen molar-refractivity contribution in [3.05, 3.63) is 18.2 Å². The lowest BCUT2D eigenvalue weighted by atomic mass is 10.3. The number of hydrogen-bond donors (Lipinski definition) is 1. The molecule has 0 aliphatic heterocycles. The summed E-state index contributed by atoms with van der Waals surface area (Å²) in [7, 11) is 0. The van der Waals surface area contributed by atoms with E-state index in [2.05, 4.69) is 15.3 Å².